The zero-order valence-electron chi connectivity index (χ0n) is 7.11. The lowest BCUT2D eigenvalue weighted by atomic mass is 10.1. The molecule has 1 atom stereocenters. The maximum absolute atomic E-state index is 5.62. The molecule has 1 aromatic rings. The van der Waals surface area contributed by atoms with Crippen LogP contribution in [0.5, 0.6) is 0 Å². The number of nitrogens with zero attached hydrogens (tertiary/aromatic N) is 3. The second-order valence-electron chi connectivity index (χ2n) is 3.01. The molecule has 5 heteroatoms. The van der Waals surface area contributed by atoms with E-state index in [9.17, 15) is 0 Å². The van der Waals surface area contributed by atoms with Crippen molar-refractivity contribution in [2.24, 2.45) is 0 Å². The monoisotopic (exact) mass is 199 g/mol. The molecule has 1 saturated heterocycles. The van der Waals surface area contributed by atoms with Crippen LogP contribution in [0.15, 0.2) is 6.20 Å². The SMILES string of the molecule is Clc1nncc(C2CCCCO2)n1. The fraction of sp³-hybridized carbons (Fsp3) is 0.625. The summed E-state index contributed by atoms with van der Waals surface area (Å²) >= 11 is 5.62. The lowest BCUT2D eigenvalue weighted by Gasteiger charge is -2.21. The van der Waals surface area contributed by atoms with E-state index < -0.39 is 0 Å². The van der Waals surface area contributed by atoms with E-state index in [2.05, 4.69) is 15.2 Å². The van der Waals surface area contributed by atoms with Gasteiger partial charge in [0.15, 0.2) is 0 Å². The van der Waals surface area contributed by atoms with E-state index >= 15 is 0 Å². The Bertz CT molecular complexity index is 288. The fourth-order valence-electron chi connectivity index (χ4n) is 1.42. The number of aromatic nitrogens is 3. The van der Waals surface area contributed by atoms with Crippen molar-refractivity contribution in [2.75, 3.05) is 6.61 Å². The van der Waals surface area contributed by atoms with Gasteiger partial charge >= 0.3 is 0 Å². The summed E-state index contributed by atoms with van der Waals surface area (Å²) in [5, 5.41) is 7.51. The highest BCUT2D eigenvalue weighted by Gasteiger charge is 2.17. The van der Waals surface area contributed by atoms with Crippen LogP contribution in [0.2, 0.25) is 5.28 Å². The van der Waals surface area contributed by atoms with Crippen LogP contribution in [0.4, 0.5) is 0 Å². The number of ether oxygens (including phenoxy) is 1. The van der Waals surface area contributed by atoms with Gasteiger partial charge in [-0.1, -0.05) is 0 Å². The topological polar surface area (TPSA) is 47.9 Å². The van der Waals surface area contributed by atoms with Crippen molar-refractivity contribution >= 4 is 11.6 Å². The zero-order chi connectivity index (χ0) is 9.10. The quantitative estimate of drug-likeness (QED) is 0.692. The minimum atomic E-state index is 0.0572. The predicted octanol–water partition coefficient (Wildman–Crippen LogP) is 1.77. The summed E-state index contributed by atoms with van der Waals surface area (Å²) in [6.07, 6.45) is 4.97. The third-order valence-corrected chi connectivity index (χ3v) is 2.22. The molecule has 70 valence electrons. The smallest absolute Gasteiger partial charge is 0.243 e. The average molecular weight is 200 g/mol. The van der Waals surface area contributed by atoms with Gasteiger partial charge in [-0.3, -0.25) is 0 Å². The minimum absolute atomic E-state index is 0.0572. The summed E-state index contributed by atoms with van der Waals surface area (Å²) in [6.45, 7) is 0.798. The molecule has 2 rings (SSSR count). The van der Waals surface area contributed by atoms with E-state index in [1.165, 1.54) is 6.42 Å². The van der Waals surface area contributed by atoms with E-state index in [1.54, 1.807) is 6.20 Å². The first kappa shape index (κ1) is 8.84. The first-order chi connectivity index (χ1) is 6.36. The predicted molar refractivity (Wildman–Crippen MR) is 47.4 cm³/mol. The van der Waals surface area contributed by atoms with Crippen LogP contribution in [0, 0.1) is 0 Å². The summed E-state index contributed by atoms with van der Waals surface area (Å²) in [5.41, 5.74) is 0.791. The van der Waals surface area contributed by atoms with E-state index in [1.807, 2.05) is 0 Å². The largest absolute Gasteiger partial charge is 0.372 e. The van der Waals surface area contributed by atoms with Gasteiger partial charge in [-0.05, 0) is 30.9 Å². The first-order valence-corrected chi connectivity index (χ1v) is 4.71. The Hall–Kier alpha value is -0.740. The van der Waals surface area contributed by atoms with Crippen molar-refractivity contribution in [3.63, 3.8) is 0 Å². The Morgan fingerprint density at radius 2 is 2.38 bits per heavy atom. The third kappa shape index (κ3) is 2.14. The van der Waals surface area contributed by atoms with Crippen LogP contribution in [-0.2, 0) is 4.74 Å². The molecular formula is C8H10ClN3O. The van der Waals surface area contributed by atoms with Gasteiger partial charge in [-0.25, -0.2) is 4.98 Å². The normalized spacial score (nSPS) is 23.0. The van der Waals surface area contributed by atoms with Crippen molar-refractivity contribution < 1.29 is 4.74 Å². The molecule has 0 N–H and O–H groups in total. The zero-order valence-corrected chi connectivity index (χ0v) is 7.87. The highest BCUT2D eigenvalue weighted by atomic mass is 35.5. The summed E-state index contributed by atoms with van der Waals surface area (Å²) in [6, 6.07) is 0. The second-order valence-corrected chi connectivity index (χ2v) is 3.34. The molecule has 1 fully saturated rings. The van der Waals surface area contributed by atoms with Crippen LogP contribution in [0.1, 0.15) is 31.1 Å². The molecule has 0 saturated carbocycles. The lowest BCUT2D eigenvalue weighted by molar-refractivity contribution is 0.0119. The highest BCUT2D eigenvalue weighted by molar-refractivity contribution is 6.28. The molecule has 0 spiro atoms. The molecule has 0 radical (unpaired) electrons. The molecular weight excluding hydrogens is 190 g/mol. The standard InChI is InChI=1S/C8H10ClN3O/c9-8-11-6(5-10-12-8)7-3-1-2-4-13-7/h5,7H,1-4H2. The Morgan fingerprint density at radius 1 is 1.46 bits per heavy atom. The molecule has 0 aliphatic carbocycles. The fourth-order valence-corrected chi connectivity index (χ4v) is 1.56. The van der Waals surface area contributed by atoms with Crippen LogP contribution in [0.3, 0.4) is 0 Å². The lowest BCUT2D eigenvalue weighted by Crippen LogP contribution is -2.13. The maximum Gasteiger partial charge on any atom is 0.243 e. The van der Waals surface area contributed by atoms with Gasteiger partial charge in [0.2, 0.25) is 5.28 Å². The number of hydrogen-bond acceptors (Lipinski definition) is 4. The Labute approximate surface area is 81.3 Å². The molecule has 0 amide bonds. The molecule has 2 heterocycles. The summed E-state index contributed by atoms with van der Waals surface area (Å²) in [4.78, 5) is 4.06. The van der Waals surface area contributed by atoms with E-state index in [4.69, 9.17) is 16.3 Å². The van der Waals surface area contributed by atoms with Crippen molar-refractivity contribution in [1.29, 1.82) is 0 Å². The van der Waals surface area contributed by atoms with Gasteiger partial charge in [0.25, 0.3) is 0 Å². The van der Waals surface area contributed by atoms with E-state index in [0.717, 1.165) is 25.1 Å². The van der Waals surface area contributed by atoms with Crippen molar-refractivity contribution in [2.45, 2.75) is 25.4 Å². The maximum atomic E-state index is 5.62. The second kappa shape index (κ2) is 3.98. The molecule has 1 aliphatic heterocycles. The first-order valence-electron chi connectivity index (χ1n) is 4.33. The van der Waals surface area contributed by atoms with Crippen LogP contribution >= 0.6 is 11.6 Å². The molecule has 1 aromatic heterocycles. The van der Waals surface area contributed by atoms with E-state index in [-0.39, 0.29) is 11.4 Å². The molecule has 0 bridgehead atoms. The van der Waals surface area contributed by atoms with Crippen LogP contribution in [-0.4, -0.2) is 21.8 Å². The number of halogens is 1. The third-order valence-electron chi connectivity index (χ3n) is 2.06. The molecule has 0 aromatic carbocycles. The van der Waals surface area contributed by atoms with E-state index in [0.29, 0.717) is 0 Å². The van der Waals surface area contributed by atoms with Gasteiger partial charge < -0.3 is 4.74 Å². The summed E-state index contributed by atoms with van der Waals surface area (Å²) < 4.78 is 5.53. The number of rotatable bonds is 1. The van der Waals surface area contributed by atoms with Gasteiger partial charge in [0, 0.05) is 6.61 Å². The molecule has 4 nitrogen and oxygen atoms in total. The Morgan fingerprint density at radius 3 is 3.08 bits per heavy atom. The minimum Gasteiger partial charge on any atom is -0.372 e. The van der Waals surface area contributed by atoms with Gasteiger partial charge in [0.05, 0.1) is 11.9 Å². The Balaban J connectivity index is 2.14. The van der Waals surface area contributed by atoms with Crippen molar-refractivity contribution in [3.8, 4) is 0 Å². The van der Waals surface area contributed by atoms with Crippen molar-refractivity contribution in [3.05, 3.63) is 17.2 Å². The van der Waals surface area contributed by atoms with Gasteiger partial charge in [-0.2, -0.15) is 5.10 Å². The molecule has 13 heavy (non-hydrogen) atoms. The molecule has 1 aliphatic rings. The summed E-state index contributed by atoms with van der Waals surface area (Å²) in [7, 11) is 0. The van der Waals surface area contributed by atoms with Crippen LogP contribution in [0.25, 0.3) is 0 Å². The average Bonchev–Trinajstić information content (AvgIpc) is 2.19. The highest BCUT2D eigenvalue weighted by Crippen LogP contribution is 2.25. The summed E-state index contributed by atoms with van der Waals surface area (Å²) in [5.74, 6) is 0. The molecule has 1 unspecified atom stereocenters. The van der Waals surface area contributed by atoms with Gasteiger partial charge in [0.1, 0.15) is 6.10 Å². The van der Waals surface area contributed by atoms with Gasteiger partial charge in [-0.15, -0.1) is 5.10 Å². The number of hydrogen-bond donors (Lipinski definition) is 0. The Kier molecular flexibility index (Phi) is 2.71. The van der Waals surface area contributed by atoms with Crippen LogP contribution < -0.4 is 0 Å². The van der Waals surface area contributed by atoms with Crippen molar-refractivity contribution in [1.82, 2.24) is 15.2 Å².